The summed E-state index contributed by atoms with van der Waals surface area (Å²) in [6, 6.07) is 0.205. The van der Waals surface area contributed by atoms with E-state index in [0.717, 1.165) is 25.0 Å². The first-order valence-corrected chi connectivity index (χ1v) is 10.9. The van der Waals surface area contributed by atoms with Gasteiger partial charge in [-0.15, -0.1) is 0 Å². The molecule has 0 amide bonds. The molecule has 0 aliphatic heterocycles. The Morgan fingerprint density at radius 3 is 2.38 bits per heavy atom. The molecule has 164 valence electrons. The molecule has 1 nitrogen and oxygen atoms in total. The second-order valence-corrected chi connectivity index (χ2v) is 7.97. The zero-order valence-electron chi connectivity index (χ0n) is 19.1. The summed E-state index contributed by atoms with van der Waals surface area (Å²) >= 11 is 0. The summed E-state index contributed by atoms with van der Waals surface area (Å²) in [6.07, 6.45) is 10.7. The van der Waals surface area contributed by atoms with Crippen LogP contribution in [0.2, 0.25) is 0 Å². The normalized spacial score (nSPS) is 21.1. The van der Waals surface area contributed by atoms with Crippen molar-refractivity contribution < 1.29 is 13.2 Å². The Bertz CT molecular complexity index is 677. The van der Waals surface area contributed by atoms with Crippen molar-refractivity contribution in [3.8, 4) is 0 Å². The fourth-order valence-corrected chi connectivity index (χ4v) is 3.77. The molecule has 0 bridgehead atoms. The molecule has 0 aromatic rings. The predicted octanol–water partition coefficient (Wildman–Crippen LogP) is 8.34. The van der Waals surface area contributed by atoms with E-state index in [4.69, 9.17) is 0 Å². The highest BCUT2D eigenvalue weighted by Crippen LogP contribution is 2.37. The minimum atomic E-state index is -4.29. The molecule has 1 aliphatic carbocycles. The zero-order valence-corrected chi connectivity index (χ0v) is 19.1. The van der Waals surface area contributed by atoms with Gasteiger partial charge in [0.15, 0.2) is 0 Å². The molecule has 0 saturated carbocycles. The Labute approximate surface area is 175 Å². The van der Waals surface area contributed by atoms with Gasteiger partial charge in [-0.1, -0.05) is 52.0 Å². The van der Waals surface area contributed by atoms with Gasteiger partial charge in [-0.25, -0.2) is 0 Å². The van der Waals surface area contributed by atoms with Crippen LogP contribution >= 0.6 is 0 Å². The Kier molecular flexibility index (Phi) is 10.0. The first-order valence-electron chi connectivity index (χ1n) is 10.9. The van der Waals surface area contributed by atoms with E-state index in [-0.39, 0.29) is 12.5 Å². The number of hydrogen-bond acceptors (Lipinski definition) is 1. The van der Waals surface area contributed by atoms with Crippen molar-refractivity contribution in [3.05, 3.63) is 59.0 Å². The maximum Gasteiger partial charge on any atom is 0.412 e. The Morgan fingerprint density at radius 2 is 1.86 bits per heavy atom. The minimum absolute atomic E-state index is 0.0235. The van der Waals surface area contributed by atoms with Crippen LogP contribution in [0.1, 0.15) is 74.1 Å². The minimum Gasteiger partial charge on any atom is -0.346 e. The van der Waals surface area contributed by atoms with Crippen molar-refractivity contribution in [2.24, 2.45) is 11.8 Å². The third kappa shape index (κ3) is 6.94. The maximum absolute atomic E-state index is 13.3. The highest BCUT2D eigenvalue weighted by molar-refractivity contribution is 5.33. The van der Waals surface area contributed by atoms with Crippen molar-refractivity contribution in [2.45, 2.75) is 86.4 Å². The number of halogens is 3. The summed E-state index contributed by atoms with van der Waals surface area (Å²) in [5, 5.41) is 0. The Balaban J connectivity index is 3.44. The van der Waals surface area contributed by atoms with E-state index >= 15 is 0 Å². The van der Waals surface area contributed by atoms with Gasteiger partial charge in [0.25, 0.3) is 0 Å². The van der Waals surface area contributed by atoms with Crippen LogP contribution in [0.4, 0.5) is 13.2 Å². The van der Waals surface area contributed by atoms with Gasteiger partial charge >= 0.3 is 6.18 Å². The van der Waals surface area contributed by atoms with Crippen molar-refractivity contribution in [1.29, 1.82) is 0 Å². The van der Waals surface area contributed by atoms with Crippen molar-refractivity contribution in [1.82, 2.24) is 4.90 Å². The van der Waals surface area contributed by atoms with Gasteiger partial charge in [0, 0.05) is 28.9 Å². The van der Waals surface area contributed by atoms with Crippen molar-refractivity contribution >= 4 is 0 Å². The lowest BCUT2D eigenvalue weighted by atomic mass is 9.83. The summed E-state index contributed by atoms with van der Waals surface area (Å²) in [4.78, 5) is 2.26. The largest absolute Gasteiger partial charge is 0.412 e. The van der Waals surface area contributed by atoms with Gasteiger partial charge in [-0.2, -0.15) is 13.2 Å². The average Bonchev–Trinajstić information content (AvgIpc) is 2.69. The Hall–Kier alpha value is -1.71. The molecule has 0 aromatic carbocycles. The topological polar surface area (TPSA) is 3.24 Å². The van der Waals surface area contributed by atoms with Crippen molar-refractivity contribution in [2.75, 3.05) is 0 Å². The predicted molar refractivity (Wildman–Crippen MR) is 118 cm³/mol. The molecule has 0 saturated heterocycles. The third-order valence-electron chi connectivity index (χ3n) is 5.86. The fourth-order valence-electron chi connectivity index (χ4n) is 3.77. The van der Waals surface area contributed by atoms with Gasteiger partial charge < -0.3 is 4.90 Å². The molecule has 29 heavy (non-hydrogen) atoms. The number of hydrogen-bond donors (Lipinski definition) is 0. The molecule has 0 heterocycles. The van der Waals surface area contributed by atoms with Gasteiger partial charge in [0.2, 0.25) is 0 Å². The lowest BCUT2D eigenvalue weighted by Crippen LogP contribution is -2.36. The maximum atomic E-state index is 13.3. The molecule has 1 aliphatic rings. The molecular formula is C25H38F3N. The number of alkyl halides is 3. The summed E-state index contributed by atoms with van der Waals surface area (Å²) in [6.45, 7) is 13.9. The van der Waals surface area contributed by atoms with E-state index in [1.807, 2.05) is 6.92 Å². The van der Waals surface area contributed by atoms with Crippen LogP contribution in [0.3, 0.4) is 0 Å². The van der Waals surface area contributed by atoms with E-state index in [1.165, 1.54) is 11.8 Å². The van der Waals surface area contributed by atoms with Crippen LogP contribution in [-0.4, -0.2) is 17.1 Å². The fraction of sp³-hybridized carbons (Fsp3) is 0.600. The molecule has 0 radical (unpaired) electrons. The molecule has 0 N–H and O–H groups in total. The number of nitrogens with zero attached hydrogens (tertiary/aromatic N) is 1. The lowest BCUT2D eigenvalue weighted by Gasteiger charge is -2.40. The van der Waals surface area contributed by atoms with E-state index in [0.29, 0.717) is 17.4 Å². The van der Waals surface area contributed by atoms with Crippen molar-refractivity contribution in [3.63, 3.8) is 0 Å². The van der Waals surface area contributed by atoms with Crippen LogP contribution in [0.5, 0.6) is 0 Å². The van der Waals surface area contributed by atoms with Crippen LogP contribution < -0.4 is 0 Å². The highest BCUT2D eigenvalue weighted by Gasteiger charge is 2.33. The SMILES string of the molecule is CCC=CC(C)C1CC=CC=C1N(/C(C)=C(C)/C=C(\CC)C(F)(F)F)C(C)CC. The van der Waals surface area contributed by atoms with Crippen LogP contribution in [0.25, 0.3) is 0 Å². The number of rotatable bonds is 9. The summed E-state index contributed by atoms with van der Waals surface area (Å²) in [5.41, 5.74) is 2.29. The van der Waals surface area contributed by atoms with E-state index < -0.39 is 11.7 Å². The monoisotopic (exact) mass is 409 g/mol. The van der Waals surface area contributed by atoms with Gasteiger partial charge in [0.1, 0.15) is 0 Å². The first kappa shape index (κ1) is 25.3. The smallest absolute Gasteiger partial charge is 0.346 e. The van der Waals surface area contributed by atoms with Gasteiger partial charge in [0.05, 0.1) is 0 Å². The third-order valence-corrected chi connectivity index (χ3v) is 5.86. The molecular weight excluding hydrogens is 371 g/mol. The van der Waals surface area contributed by atoms with E-state index in [1.54, 1.807) is 13.8 Å². The quantitative estimate of drug-likeness (QED) is 0.273. The van der Waals surface area contributed by atoms with Crippen LogP contribution in [0.15, 0.2) is 59.0 Å². The molecule has 4 heteroatoms. The van der Waals surface area contributed by atoms with Gasteiger partial charge in [-0.05, 0) is 70.1 Å². The molecule has 0 spiro atoms. The zero-order chi connectivity index (χ0) is 22.2. The molecule has 3 atom stereocenters. The number of allylic oxidation sites excluding steroid dienone is 10. The molecule has 0 aromatic heterocycles. The van der Waals surface area contributed by atoms with Gasteiger partial charge in [-0.3, -0.25) is 0 Å². The van der Waals surface area contributed by atoms with E-state index in [2.05, 4.69) is 63.0 Å². The van der Waals surface area contributed by atoms with E-state index in [9.17, 15) is 13.2 Å². The highest BCUT2D eigenvalue weighted by atomic mass is 19.4. The van der Waals surface area contributed by atoms with Crippen LogP contribution in [0, 0.1) is 11.8 Å². The second kappa shape index (κ2) is 11.5. The first-order chi connectivity index (χ1) is 13.6. The summed E-state index contributed by atoms with van der Waals surface area (Å²) in [5.74, 6) is 0.680. The average molecular weight is 410 g/mol. The molecule has 0 fully saturated rings. The molecule has 3 unspecified atom stereocenters. The summed E-state index contributed by atoms with van der Waals surface area (Å²) in [7, 11) is 0. The standard InChI is InChI=1S/C25H38F3N/c1-8-11-14-18(4)23-15-12-13-16-24(23)29(20(6)9-2)21(7)19(5)17-22(10-3)25(26,27)28/h11-14,16-18,20,23H,8-10,15H2,1-7H3/b14-11?,21-19+,22-17+. The van der Waals surface area contributed by atoms with Crippen LogP contribution in [-0.2, 0) is 0 Å². The lowest BCUT2D eigenvalue weighted by molar-refractivity contribution is -0.0935. The Morgan fingerprint density at radius 1 is 1.21 bits per heavy atom. The molecule has 1 rings (SSSR count). The summed E-state index contributed by atoms with van der Waals surface area (Å²) < 4.78 is 39.8. The second-order valence-electron chi connectivity index (χ2n) is 7.97.